The van der Waals surface area contributed by atoms with Gasteiger partial charge in [0, 0.05) is 23.4 Å². The van der Waals surface area contributed by atoms with Gasteiger partial charge in [0.2, 0.25) is 5.95 Å². The molecular weight excluding hydrogens is 297 g/mol. The molecule has 0 bridgehead atoms. The van der Waals surface area contributed by atoms with Crippen molar-refractivity contribution in [2.75, 3.05) is 4.90 Å². The molecule has 1 aliphatic heterocycles. The molecule has 1 amide bonds. The summed E-state index contributed by atoms with van der Waals surface area (Å²) in [5, 5.41) is 9.38. The molecule has 0 spiro atoms. The van der Waals surface area contributed by atoms with Gasteiger partial charge in [-0.1, -0.05) is 0 Å². The van der Waals surface area contributed by atoms with Crippen molar-refractivity contribution in [3.63, 3.8) is 0 Å². The fraction of sp³-hybridized carbons (Fsp3) is 0.667. The number of aromatic nitrogens is 2. The van der Waals surface area contributed by atoms with Crippen molar-refractivity contribution in [2.45, 2.75) is 65.2 Å². The molecule has 0 atom stereocenters. The number of hydrogen-bond donors (Lipinski definition) is 1. The van der Waals surface area contributed by atoms with Crippen LogP contribution in [0.4, 0.5) is 10.7 Å². The van der Waals surface area contributed by atoms with Gasteiger partial charge in [-0.15, -0.1) is 0 Å². The van der Waals surface area contributed by atoms with Crippen molar-refractivity contribution in [1.29, 1.82) is 0 Å². The minimum atomic E-state index is -1.10. The molecule has 1 fully saturated rings. The molecule has 2 heterocycles. The van der Waals surface area contributed by atoms with E-state index in [4.69, 9.17) is 9.31 Å². The lowest BCUT2D eigenvalue weighted by Gasteiger charge is -2.32. The van der Waals surface area contributed by atoms with Crippen LogP contribution < -0.4 is 10.4 Å². The normalized spacial score (nSPS) is 19.7. The molecule has 0 radical (unpaired) electrons. The third-order valence-electron chi connectivity index (χ3n) is 4.25. The van der Waals surface area contributed by atoms with E-state index < -0.39 is 30.0 Å². The summed E-state index contributed by atoms with van der Waals surface area (Å²) in [5.41, 5.74) is -0.881. The Morgan fingerprint density at radius 2 is 1.57 bits per heavy atom. The number of rotatable bonds is 2. The number of nitrogens with zero attached hydrogens (tertiary/aromatic N) is 3. The quantitative estimate of drug-likeness (QED) is 0.839. The second-order valence-corrected chi connectivity index (χ2v) is 7.69. The summed E-state index contributed by atoms with van der Waals surface area (Å²) in [6.07, 6.45) is 2.00. The fourth-order valence-electron chi connectivity index (χ4n) is 2.22. The Kier molecular flexibility index (Phi) is 4.19. The Morgan fingerprint density at radius 1 is 1.13 bits per heavy atom. The van der Waals surface area contributed by atoms with Crippen LogP contribution in [0.5, 0.6) is 0 Å². The van der Waals surface area contributed by atoms with Crippen LogP contribution in [0.1, 0.15) is 48.5 Å². The molecule has 1 aromatic heterocycles. The highest BCUT2D eigenvalue weighted by Gasteiger charge is 2.52. The molecule has 0 aliphatic carbocycles. The summed E-state index contributed by atoms with van der Waals surface area (Å²) in [4.78, 5) is 20.9. The van der Waals surface area contributed by atoms with Gasteiger partial charge in [-0.25, -0.2) is 19.7 Å². The Bertz CT molecular complexity index is 580. The van der Waals surface area contributed by atoms with Gasteiger partial charge in [0.1, 0.15) is 0 Å². The summed E-state index contributed by atoms with van der Waals surface area (Å²) in [6, 6.07) is 0. The van der Waals surface area contributed by atoms with E-state index in [0.29, 0.717) is 5.46 Å². The first kappa shape index (κ1) is 17.7. The molecule has 0 aromatic carbocycles. The predicted octanol–water partition coefficient (Wildman–Crippen LogP) is 2.06. The van der Waals surface area contributed by atoms with Crippen molar-refractivity contribution in [3.8, 4) is 0 Å². The van der Waals surface area contributed by atoms with Gasteiger partial charge in [0.25, 0.3) is 0 Å². The van der Waals surface area contributed by atoms with Gasteiger partial charge in [-0.2, -0.15) is 0 Å². The fourth-order valence-corrected chi connectivity index (χ4v) is 2.22. The minimum absolute atomic E-state index is 0.130. The Labute approximate surface area is 137 Å². The van der Waals surface area contributed by atoms with Crippen LogP contribution in [0.25, 0.3) is 0 Å². The average molecular weight is 321 g/mol. The lowest BCUT2D eigenvalue weighted by atomic mass is 9.81. The highest BCUT2D eigenvalue weighted by atomic mass is 16.7. The number of carbonyl (C=O) groups is 1. The number of amides is 1. The number of hydrogen-bond acceptors (Lipinski definition) is 5. The van der Waals surface area contributed by atoms with E-state index in [1.807, 2.05) is 27.7 Å². The van der Waals surface area contributed by atoms with Crippen LogP contribution in [0, 0.1) is 0 Å². The van der Waals surface area contributed by atoms with E-state index in [0.717, 1.165) is 4.90 Å². The minimum Gasteiger partial charge on any atom is -0.465 e. The first-order chi connectivity index (χ1) is 10.3. The first-order valence-electron chi connectivity index (χ1n) is 7.56. The Hall–Kier alpha value is -1.67. The zero-order valence-corrected chi connectivity index (χ0v) is 14.7. The van der Waals surface area contributed by atoms with E-state index in [2.05, 4.69) is 9.97 Å². The van der Waals surface area contributed by atoms with Crippen LogP contribution >= 0.6 is 0 Å². The summed E-state index contributed by atoms with van der Waals surface area (Å²) >= 11 is 0. The van der Waals surface area contributed by atoms with Crippen LogP contribution in [-0.2, 0) is 9.31 Å². The summed E-state index contributed by atoms with van der Waals surface area (Å²) in [6.45, 7) is 13.2. The average Bonchev–Trinajstić information content (AvgIpc) is 2.57. The highest BCUT2D eigenvalue weighted by molar-refractivity contribution is 6.61. The van der Waals surface area contributed by atoms with Crippen LogP contribution in [0.3, 0.4) is 0 Å². The van der Waals surface area contributed by atoms with E-state index in [9.17, 15) is 9.90 Å². The summed E-state index contributed by atoms with van der Waals surface area (Å²) in [5.74, 6) is 0.130. The molecule has 7 nitrogen and oxygen atoms in total. The van der Waals surface area contributed by atoms with E-state index >= 15 is 0 Å². The third kappa shape index (κ3) is 3.33. The maximum absolute atomic E-state index is 11.5. The van der Waals surface area contributed by atoms with Crippen LogP contribution in [0.2, 0.25) is 0 Å². The van der Waals surface area contributed by atoms with Gasteiger partial charge in [-0.05, 0) is 48.5 Å². The van der Waals surface area contributed by atoms with Gasteiger partial charge in [0.05, 0.1) is 11.2 Å². The lowest BCUT2D eigenvalue weighted by Crippen LogP contribution is -2.46. The molecule has 1 saturated heterocycles. The topological polar surface area (TPSA) is 84.8 Å². The van der Waals surface area contributed by atoms with Crippen molar-refractivity contribution in [3.05, 3.63) is 12.4 Å². The smallest absolute Gasteiger partial charge is 0.465 e. The molecular formula is C15H24BN3O4. The molecule has 0 unspecified atom stereocenters. The summed E-state index contributed by atoms with van der Waals surface area (Å²) in [7, 11) is -0.568. The third-order valence-corrected chi connectivity index (χ3v) is 4.25. The SMILES string of the molecule is CC(C)(C)N(C(=O)O)c1ncc(B2OC(C)(C)C(C)(C)O2)cn1. The van der Waals surface area contributed by atoms with E-state index in [-0.39, 0.29) is 5.95 Å². The molecule has 8 heteroatoms. The Morgan fingerprint density at radius 3 is 1.91 bits per heavy atom. The van der Waals surface area contributed by atoms with E-state index in [1.165, 1.54) is 0 Å². The second-order valence-electron chi connectivity index (χ2n) is 7.69. The zero-order chi connectivity index (χ0) is 17.6. The highest BCUT2D eigenvalue weighted by Crippen LogP contribution is 2.36. The van der Waals surface area contributed by atoms with Gasteiger partial charge in [-0.3, -0.25) is 0 Å². The van der Waals surface area contributed by atoms with Crippen molar-refractivity contribution in [2.24, 2.45) is 0 Å². The molecule has 0 saturated carbocycles. The maximum atomic E-state index is 11.5. The number of carboxylic acid groups (broad SMARTS) is 1. The van der Waals surface area contributed by atoms with Gasteiger partial charge in [0.15, 0.2) is 0 Å². The van der Waals surface area contributed by atoms with E-state index in [1.54, 1.807) is 33.2 Å². The zero-order valence-electron chi connectivity index (χ0n) is 14.7. The van der Waals surface area contributed by atoms with Crippen molar-refractivity contribution < 1.29 is 19.2 Å². The van der Waals surface area contributed by atoms with Crippen molar-refractivity contribution in [1.82, 2.24) is 9.97 Å². The monoisotopic (exact) mass is 321 g/mol. The second kappa shape index (κ2) is 5.45. The molecule has 2 rings (SSSR count). The molecule has 23 heavy (non-hydrogen) atoms. The van der Waals surface area contributed by atoms with Gasteiger partial charge >= 0.3 is 13.2 Å². The van der Waals surface area contributed by atoms with Crippen molar-refractivity contribution >= 4 is 24.6 Å². The van der Waals surface area contributed by atoms with Crippen LogP contribution in [-0.4, -0.2) is 45.0 Å². The molecule has 1 aliphatic rings. The largest absolute Gasteiger partial charge is 0.498 e. The molecule has 1 aromatic rings. The van der Waals surface area contributed by atoms with Crippen LogP contribution in [0.15, 0.2) is 12.4 Å². The molecule has 1 N–H and O–H groups in total. The maximum Gasteiger partial charge on any atom is 0.498 e. The number of anilines is 1. The Balaban J connectivity index is 2.26. The molecule has 126 valence electrons. The first-order valence-corrected chi connectivity index (χ1v) is 7.56. The van der Waals surface area contributed by atoms with Gasteiger partial charge < -0.3 is 14.4 Å². The summed E-state index contributed by atoms with van der Waals surface area (Å²) < 4.78 is 11.9. The predicted molar refractivity (Wildman–Crippen MR) is 88.0 cm³/mol. The lowest BCUT2D eigenvalue weighted by molar-refractivity contribution is 0.00578. The standard InChI is InChI=1S/C15H24BN3O4/c1-13(2,3)19(12(20)21)11-17-8-10(9-18-11)16-22-14(4,5)15(6,7)23-16/h8-9H,1-7H3,(H,20,21).